The van der Waals surface area contributed by atoms with Crippen molar-refractivity contribution in [3.05, 3.63) is 65.2 Å². The molecular formula is C22H22N2O2. The van der Waals surface area contributed by atoms with Crippen molar-refractivity contribution in [2.45, 2.75) is 38.9 Å². The molecule has 2 bridgehead atoms. The van der Waals surface area contributed by atoms with E-state index in [0.717, 1.165) is 5.56 Å². The summed E-state index contributed by atoms with van der Waals surface area (Å²) in [5.74, 6) is -0.634. The number of nitrogens with zero attached hydrogens (tertiary/aromatic N) is 2. The summed E-state index contributed by atoms with van der Waals surface area (Å²) in [4.78, 5) is 30.5. The number of hydrogen-bond acceptors (Lipinski definition) is 3. The summed E-state index contributed by atoms with van der Waals surface area (Å²) in [6.07, 6.45) is 0. The van der Waals surface area contributed by atoms with Crippen molar-refractivity contribution in [3.63, 3.8) is 0 Å². The summed E-state index contributed by atoms with van der Waals surface area (Å²) in [6, 6.07) is 16.3. The molecule has 0 spiro atoms. The third-order valence-corrected chi connectivity index (χ3v) is 6.24. The third-order valence-electron chi connectivity index (χ3n) is 6.24. The van der Waals surface area contributed by atoms with Crippen LogP contribution in [0.25, 0.3) is 0 Å². The van der Waals surface area contributed by atoms with Gasteiger partial charge in [-0.05, 0) is 44.0 Å². The van der Waals surface area contributed by atoms with E-state index in [1.165, 1.54) is 16.0 Å². The van der Waals surface area contributed by atoms with Gasteiger partial charge in [0.1, 0.15) is 0 Å². The smallest absolute Gasteiger partial charge is 0.239 e. The fourth-order valence-electron chi connectivity index (χ4n) is 5.27. The summed E-state index contributed by atoms with van der Waals surface area (Å²) in [6.45, 7) is 6.31. The van der Waals surface area contributed by atoms with Crippen molar-refractivity contribution in [2.75, 3.05) is 4.90 Å². The highest BCUT2D eigenvalue weighted by atomic mass is 16.2. The average molecular weight is 346 g/mol. The molecule has 4 nitrogen and oxygen atoms in total. The number of carbonyl (C=O) groups is 2. The van der Waals surface area contributed by atoms with E-state index >= 15 is 0 Å². The topological polar surface area (TPSA) is 40.6 Å². The number of benzene rings is 2. The van der Waals surface area contributed by atoms with Gasteiger partial charge in [-0.3, -0.25) is 14.5 Å². The fraction of sp³-hybridized carbons (Fsp3) is 0.364. The van der Waals surface area contributed by atoms with Crippen LogP contribution in [0.4, 0.5) is 5.69 Å². The van der Waals surface area contributed by atoms with Crippen LogP contribution >= 0.6 is 0 Å². The van der Waals surface area contributed by atoms with Crippen LogP contribution in [0.3, 0.4) is 0 Å². The van der Waals surface area contributed by atoms with Crippen molar-refractivity contribution >= 4 is 17.5 Å². The molecule has 26 heavy (non-hydrogen) atoms. The van der Waals surface area contributed by atoms with Gasteiger partial charge in [0.25, 0.3) is 0 Å². The van der Waals surface area contributed by atoms with Gasteiger partial charge in [-0.15, -0.1) is 0 Å². The van der Waals surface area contributed by atoms with Gasteiger partial charge in [0.15, 0.2) is 0 Å². The molecule has 132 valence electrons. The predicted octanol–water partition coefficient (Wildman–Crippen LogP) is 3.62. The van der Waals surface area contributed by atoms with E-state index in [1.807, 2.05) is 43.3 Å². The first-order valence-corrected chi connectivity index (χ1v) is 9.31. The monoisotopic (exact) mass is 346 g/mol. The van der Waals surface area contributed by atoms with Crippen LogP contribution in [0, 0.1) is 18.8 Å². The molecule has 3 aliphatic heterocycles. The van der Waals surface area contributed by atoms with Gasteiger partial charge in [0, 0.05) is 18.1 Å². The lowest BCUT2D eigenvalue weighted by Crippen LogP contribution is -2.38. The van der Waals surface area contributed by atoms with Crippen LogP contribution in [-0.4, -0.2) is 22.8 Å². The van der Waals surface area contributed by atoms with Crippen LogP contribution in [0.5, 0.6) is 0 Å². The minimum Gasteiger partial charge on any atom is -0.285 e. The highest BCUT2D eigenvalue weighted by Gasteiger charge is 2.66. The zero-order valence-corrected chi connectivity index (χ0v) is 15.2. The number of fused-ring (bicyclic) bond motifs is 8. The average Bonchev–Trinajstić information content (AvgIpc) is 3.23. The van der Waals surface area contributed by atoms with Crippen LogP contribution in [0.1, 0.15) is 42.6 Å². The number of hydrogen-bond donors (Lipinski definition) is 0. The maximum atomic E-state index is 13.3. The molecule has 3 heterocycles. The molecule has 0 aromatic heterocycles. The number of aryl methyl sites for hydroxylation is 1. The molecule has 4 atom stereocenters. The fourth-order valence-corrected chi connectivity index (χ4v) is 5.27. The normalized spacial score (nSPS) is 29.6. The molecule has 0 aliphatic carbocycles. The molecule has 5 rings (SSSR count). The van der Waals surface area contributed by atoms with E-state index in [1.54, 1.807) is 0 Å². The summed E-state index contributed by atoms with van der Waals surface area (Å²) < 4.78 is 0. The lowest BCUT2D eigenvalue weighted by atomic mass is 9.77. The lowest BCUT2D eigenvalue weighted by molar-refractivity contribution is -0.124. The van der Waals surface area contributed by atoms with Crippen molar-refractivity contribution in [3.8, 4) is 0 Å². The van der Waals surface area contributed by atoms with Crippen LogP contribution in [0.15, 0.2) is 48.5 Å². The first-order valence-electron chi connectivity index (χ1n) is 9.31. The molecule has 3 aliphatic rings. The van der Waals surface area contributed by atoms with Crippen molar-refractivity contribution < 1.29 is 9.59 Å². The summed E-state index contributed by atoms with van der Waals surface area (Å²) >= 11 is 0. The molecule has 4 heteroatoms. The minimum atomic E-state index is -0.272. The molecule has 0 radical (unpaired) electrons. The first kappa shape index (κ1) is 15.8. The Morgan fingerprint density at radius 3 is 1.77 bits per heavy atom. The highest BCUT2D eigenvalue weighted by Crippen LogP contribution is 2.63. The Labute approximate surface area is 153 Å². The Balaban J connectivity index is 1.62. The number of rotatable bonds is 2. The summed E-state index contributed by atoms with van der Waals surface area (Å²) in [5.41, 5.74) is 4.25. The second-order valence-electron chi connectivity index (χ2n) is 7.96. The van der Waals surface area contributed by atoms with Crippen molar-refractivity contribution in [1.82, 2.24) is 4.90 Å². The molecule has 2 saturated heterocycles. The van der Waals surface area contributed by atoms with Gasteiger partial charge >= 0.3 is 0 Å². The predicted molar refractivity (Wildman–Crippen MR) is 99.6 cm³/mol. The van der Waals surface area contributed by atoms with E-state index in [9.17, 15) is 9.59 Å². The van der Waals surface area contributed by atoms with Gasteiger partial charge in [-0.25, -0.2) is 4.90 Å². The van der Waals surface area contributed by atoms with E-state index in [2.05, 4.69) is 30.9 Å². The van der Waals surface area contributed by atoms with E-state index < -0.39 is 0 Å². The lowest BCUT2D eigenvalue weighted by Gasteiger charge is -2.29. The number of imide groups is 1. The maximum absolute atomic E-state index is 13.3. The van der Waals surface area contributed by atoms with Crippen LogP contribution in [-0.2, 0) is 9.59 Å². The van der Waals surface area contributed by atoms with Gasteiger partial charge in [-0.2, -0.15) is 0 Å². The number of carbonyl (C=O) groups excluding carboxylic acids is 2. The zero-order valence-electron chi connectivity index (χ0n) is 15.2. The summed E-state index contributed by atoms with van der Waals surface area (Å²) in [7, 11) is 0. The SMILES string of the molecule is Cc1ccc(N2C(=O)[C@@H]3[C@H](C2=O)[C@@H]2c4ccccc4[C@H]3N2C(C)C)cc1. The van der Waals surface area contributed by atoms with E-state index in [0.29, 0.717) is 5.69 Å². The van der Waals surface area contributed by atoms with E-state index in [4.69, 9.17) is 0 Å². The largest absolute Gasteiger partial charge is 0.285 e. The molecule has 2 amide bonds. The van der Waals surface area contributed by atoms with Crippen LogP contribution < -0.4 is 4.90 Å². The Kier molecular flexibility index (Phi) is 3.20. The molecule has 0 N–H and O–H groups in total. The van der Waals surface area contributed by atoms with Gasteiger partial charge in [0.2, 0.25) is 11.8 Å². The Morgan fingerprint density at radius 2 is 1.31 bits per heavy atom. The molecule has 0 saturated carbocycles. The highest BCUT2D eigenvalue weighted by molar-refractivity contribution is 6.23. The molecule has 2 aromatic rings. The molecule has 2 aromatic carbocycles. The standard InChI is InChI=1S/C22H22N2O2/c1-12(2)23-19-15-6-4-5-7-16(15)20(23)18-17(19)21(25)24(22(18)26)14-10-8-13(3)9-11-14/h4-12,17-20H,1-3H3/t17-,18+,19-,20+. The quantitative estimate of drug-likeness (QED) is 0.780. The van der Waals surface area contributed by atoms with Gasteiger partial charge in [-0.1, -0.05) is 42.0 Å². The van der Waals surface area contributed by atoms with E-state index in [-0.39, 0.29) is 41.8 Å². The number of anilines is 1. The molecular weight excluding hydrogens is 324 g/mol. The van der Waals surface area contributed by atoms with Crippen molar-refractivity contribution in [1.29, 1.82) is 0 Å². The number of amides is 2. The molecule has 2 fully saturated rings. The third kappa shape index (κ3) is 1.83. The Hall–Kier alpha value is -2.46. The Morgan fingerprint density at radius 1 is 0.808 bits per heavy atom. The minimum absolute atomic E-state index is 0.00750. The zero-order chi connectivity index (χ0) is 18.2. The van der Waals surface area contributed by atoms with Gasteiger partial charge < -0.3 is 0 Å². The summed E-state index contributed by atoms with van der Waals surface area (Å²) in [5, 5.41) is 0. The second kappa shape index (κ2) is 5.27. The van der Waals surface area contributed by atoms with Crippen LogP contribution in [0.2, 0.25) is 0 Å². The van der Waals surface area contributed by atoms with Crippen molar-refractivity contribution in [2.24, 2.45) is 11.8 Å². The molecule has 0 unspecified atom stereocenters. The first-order chi connectivity index (χ1) is 12.5. The van der Waals surface area contributed by atoms with Gasteiger partial charge in [0.05, 0.1) is 17.5 Å². The maximum Gasteiger partial charge on any atom is 0.239 e. The second-order valence-corrected chi connectivity index (χ2v) is 7.96. The Bertz CT molecular complexity index is 869.